The Bertz CT molecular complexity index is 3140. The molecule has 4 aliphatic rings. The maximum atomic E-state index is 13.8. The first-order chi connectivity index (χ1) is 38.8. The highest BCUT2D eigenvalue weighted by atomic mass is 32.2. The van der Waals surface area contributed by atoms with Gasteiger partial charge in [0.1, 0.15) is 59.8 Å². The Morgan fingerprint density at radius 3 is 2.31 bits per heavy atom. The number of phosphoric acid groups is 3. The number of hydrogen-bond donors (Lipinski definition) is 11. The van der Waals surface area contributed by atoms with Crippen molar-refractivity contribution in [2.75, 3.05) is 57.4 Å². The first kappa shape index (κ1) is 65.0. The summed E-state index contributed by atoms with van der Waals surface area (Å²) < 4.78 is 61.9. The zero-order valence-corrected chi connectivity index (χ0v) is 49.0. The number of nitrogens with one attached hydrogen (secondary N) is 4. The fourth-order valence-corrected chi connectivity index (χ4v) is 14.5. The number of fused-ring (bicyclic) bond motifs is 2. The van der Waals surface area contributed by atoms with Crippen LogP contribution in [0.5, 0.6) is 0 Å². The molecule has 4 aliphatic heterocycles. The molecule has 7 unspecified atom stereocenters. The van der Waals surface area contributed by atoms with E-state index in [9.17, 15) is 81.8 Å². The summed E-state index contributed by atoms with van der Waals surface area (Å²) in [5.41, 5.74) is 4.47. The van der Waals surface area contributed by atoms with Crippen LogP contribution in [-0.2, 0) is 69.9 Å². The van der Waals surface area contributed by atoms with Gasteiger partial charge in [-0.15, -0.1) is 11.8 Å². The summed E-state index contributed by atoms with van der Waals surface area (Å²) in [6.45, 7) is 5.43. The Morgan fingerprint density at radius 2 is 1.64 bits per heavy atom. The summed E-state index contributed by atoms with van der Waals surface area (Å²) in [4.78, 5) is 160. The Kier molecular flexibility index (Phi) is 20.4. The van der Waals surface area contributed by atoms with E-state index in [1.807, 2.05) is 0 Å². The third-order valence-corrected chi connectivity index (χ3v) is 18.9. The average molecular weight is 1270 g/mol. The van der Waals surface area contributed by atoms with Crippen molar-refractivity contribution in [1.82, 2.24) is 55.5 Å². The number of anilines is 1. The van der Waals surface area contributed by atoms with E-state index < -0.39 is 148 Å². The van der Waals surface area contributed by atoms with Gasteiger partial charge in [-0.3, -0.25) is 56.6 Å². The predicted octanol–water partition coefficient (Wildman–Crippen LogP) is -1.65. The number of carbonyl (C=O) groups is 8. The first-order valence-corrected chi connectivity index (χ1v) is 31.5. The minimum Gasteiger partial charge on any atom is -0.386 e. The van der Waals surface area contributed by atoms with Crippen LogP contribution in [0.1, 0.15) is 58.9 Å². The van der Waals surface area contributed by atoms with Crippen LogP contribution < -0.4 is 27.0 Å². The summed E-state index contributed by atoms with van der Waals surface area (Å²) in [5, 5.41) is 30.8. The molecule has 0 radical (unpaired) electrons. The van der Waals surface area contributed by atoms with Gasteiger partial charge in [-0.1, -0.05) is 55.9 Å². The molecule has 11 atom stereocenters. The molecule has 2 aromatic heterocycles. The number of hydrogen-bond acceptors (Lipinski definition) is 24. The Labute approximate surface area is 480 Å². The third kappa shape index (κ3) is 15.3. The number of benzene rings is 1. The van der Waals surface area contributed by atoms with Crippen molar-refractivity contribution in [2.45, 2.75) is 99.9 Å². The number of carbonyl (C=O) groups excluding carboxylic acids is 8. The van der Waals surface area contributed by atoms with Gasteiger partial charge in [-0.25, -0.2) is 33.4 Å². The summed E-state index contributed by atoms with van der Waals surface area (Å²) >= 11 is 2.13. The Balaban J connectivity index is 0.816. The number of ether oxygens (including phenoxy) is 1. The fraction of sp³-hybridized carbons (Fsp3) is 0.568. The number of nitrogens with zero attached hydrogens (tertiary/aromatic N) is 7. The van der Waals surface area contributed by atoms with Crippen molar-refractivity contribution in [1.29, 1.82) is 0 Å². The molecule has 0 aliphatic carbocycles. The lowest BCUT2D eigenvalue weighted by Gasteiger charge is -2.44. The molecule has 4 saturated heterocycles. The number of nitrogen functional groups attached to an aromatic ring is 1. The minimum atomic E-state index is -5.65. The fourth-order valence-electron chi connectivity index (χ4n) is 9.04. The number of likely N-dealkylation sites (N-methyl/N-ethyl adjacent to an activating group) is 1. The van der Waals surface area contributed by atoms with Crippen LogP contribution in [0.2, 0.25) is 0 Å². The van der Waals surface area contributed by atoms with Crippen molar-refractivity contribution < 1.29 is 104 Å². The van der Waals surface area contributed by atoms with Crippen LogP contribution in [-0.4, -0.2) is 209 Å². The summed E-state index contributed by atoms with van der Waals surface area (Å²) in [7, 11) is -16.6. The highest BCUT2D eigenvalue weighted by molar-refractivity contribution is 8.14. The van der Waals surface area contributed by atoms with Crippen molar-refractivity contribution >= 4 is 111 Å². The van der Waals surface area contributed by atoms with Crippen LogP contribution in [0.3, 0.4) is 0 Å². The van der Waals surface area contributed by atoms with Gasteiger partial charge in [0, 0.05) is 55.1 Å². The number of imide groups is 1. The third-order valence-electron chi connectivity index (χ3n) is 13.3. The summed E-state index contributed by atoms with van der Waals surface area (Å²) in [6, 6.07) is 3.69. The second-order valence-corrected chi connectivity index (χ2v) is 27.2. The Morgan fingerprint density at radius 1 is 0.952 bits per heavy atom. The highest BCUT2D eigenvalue weighted by Crippen LogP contribution is 2.61. The Hall–Kier alpha value is -5.52. The van der Waals surface area contributed by atoms with E-state index in [2.05, 4.69) is 45.1 Å². The lowest BCUT2D eigenvalue weighted by Crippen LogP contribution is -2.71. The van der Waals surface area contributed by atoms with Crippen LogP contribution >= 0.6 is 47.0 Å². The molecule has 0 bridgehead atoms. The topological polar surface area (TPSA) is 483 Å². The smallest absolute Gasteiger partial charge is 0.386 e. The highest BCUT2D eigenvalue weighted by Gasteiger charge is 2.64. The van der Waals surface area contributed by atoms with Gasteiger partial charge in [-0.05, 0) is 26.3 Å². The van der Waals surface area contributed by atoms with Gasteiger partial charge in [0.05, 0.1) is 19.5 Å². The summed E-state index contributed by atoms with van der Waals surface area (Å²) in [6.07, 6.45) is -7.36. The molecule has 34 nitrogen and oxygen atoms in total. The van der Waals surface area contributed by atoms with Gasteiger partial charge in [0.15, 0.2) is 17.7 Å². The molecular weight excluding hydrogens is 1210 g/mol. The molecule has 83 heavy (non-hydrogen) atoms. The number of imidazole rings is 1. The molecule has 39 heteroatoms. The molecular formula is C44H61N12O22P3S2. The number of phosphoric ester groups is 3. The number of aromatic nitrogens is 4. The molecule has 12 N–H and O–H groups in total. The van der Waals surface area contributed by atoms with E-state index in [-0.39, 0.29) is 61.9 Å². The van der Waals surface area contributed by atoms with Gasteiger partial charge in [0.2, 0.25) is 28.7 Å². The number of amides is 8. The SMILES string of the molecule is CCN1CCN(C(=O)N[C@@H](C(=O)N[C@@H]2C(=O)N3[C@@H]2SC(C)(C)[C@@H]3C(=O)SCCNC(=O)CCNC(=O)C(O)C(C)(C)COP(=O)(O)OP(=O)(O)OCC2OC(n3cnc4c(N)ncnc43)C(O)C2OP(=O)(O)O)c2ccccc2)C(=O)C1=O. The number of β-lactam (4-membered cyclic amide) rings is 1. The molecule has 1 aromatic carbocycles. The summed E-state index contributed by atoms with van der Waals surface area (Å²) in [5.74, 6) is -4.87. The van der Waals surface area contributed by atoms with Gasteiger partial charge < -0.3 is 71.3 Å². The van der Waals surface area contributed by atoms with Crippen LogP contribution in [0.25, 0.3) is 11.2 Å². The van der Waals surface area contributed by atoms with Gasteiger partial charge >= 0.3 is 41.3 Å². The molecule has 0 saturated carbocycles. The molecule has 0 spiro atoms. The van der Waals surface area contributed by atoms with Gasteiger partial charge in [0.25, 0.3) is 0 Å². The second-order valence-electron chi connectivity index (χ2n) is 20.1. The number of aliphatic hydroxyl groups excluding tert-OH is 2. The van der Waals surface area contributed by atoms with E-state index in [0.717, 1.165) is 33.9 Å². The monoisotopic (exact) mass is 1270 g/mol. The largest absolute Gasteiger partial charge is 0.481 e. The van der Waals surface area contributed by atoms with Crippen molar-refractivity contribution in [3.63, 3.8) is 0 Å². The average Bonchev–Trinajstić information content (AvgIpc) is 1.76. The number of thioether (sulfide) groups is 2. The first-order valence-electron chi connectivity index (χ1n) is 25.1. The van der Waals surface area contributed by atoms with Crippen LogP contribution in [0, 0.1) is 5.41 Å². The van der Waals surface area contributed by atoms with Crippen molar-refractivity contribution in [3.8, 4) is 0 Å². The lowest BCUT2D eigenvalue weighted by molar-refractivity contribution is -0.153. The number of piperazine rings is 1. The minimum absolute atomic E-state index is 0.00365. The molecule has 4 fully saturated rings. The zero-order chi connectivity index (χ0) is 61.1. The van der Waals surface area contributed by atoms with E-state index in [1.54, 1.807) is 51.1 Å². The van der Waals surface area contributed by atoms with Crippen molar-refractivity contribution in [3.05, 3.63) is 48.5 Å². The number of urea groups is 1. The molecule has 6 heterocycles. The van der Waals surface area contributed by atoms with E-state index >= 15 is 0 Å². The van der Waals surface area contributed by atoms with Crippen molar-refractivity contribution in [2.24, 2.45) is 5.41 Å². The van der Waals surface area contributed by atoms with Gasteiger partial charge in [-0.2, -0.15) is 4.31 Å². The standard InChI is InChI=1S/C44H61N12O22P3S2/c1-6-53-15-16-54(38(64)37(53)63)42(66)52-25(22-10-8-7-9-11-22)34(60)51-27-36(62)56-30(44(4,5)83-40(27)56)41(65)82-17-14-46-24(57)12-13-47-35(61)31(59)43(2,3)19-75-81(72,73)78-80(70,71)74-18-23-29(77-79(67,68)69)28(58)39(76-23)55-21-50-26-32(45)48-20-49-33(26)55/h7-11,20-21,23,25,27-31,39-40,58-59H,6,12-19H2,1-5H3,(H,46,57)(H,47,61)(H,51,60)(H,52,66)(H,70,71)(H,72,73)(H2,45,48,49)(H2,67,68,69)/t23?,25-,27-,28?,29?,30+,31?,39?,40-/m1/s1. The van der Waals surface area contributed by atoms with E-state index in [4.69, 9.17) is 19.5 Å². The predicted molar refractivity (Wildman–Crippen MR) is 287 cm³/mol. The molecule has 8 amide bonds. The molecule has 7 rings (SSSR count). The molecule has 3 aromatic rings. The van der Waals surface area contributed by atoms with E-state index in [0.29, 0.717) is 5.56 Å². The lowest BCUT2D eigenvalue weighted by atomic mass is 9.87. The quantitative estimate of drug-likeness (QED) is 0.0196. The van der Waals surface area contributed by atoms with E-state index in [1.165, 1.54) is 35.4 Å². The number of rotatable bonds is 25. The van der Waals surface area contributed by atoms with Crippen LogP contribution in [0.4, 0.5) is 10.6 Å². The maximum absolute atomic E-state index is 13.8. The normalized spacial score (nSPS) is 24.7. The number of aliphatic hydroxyl groups is 2. The zero-order valence-electron chi connectivity index (χ0n) is 44.7. The molecule has 456 valence electrons. The van der Waals surface area contributed by atoms with Crippen LogP contribution in [0.15, 0.2) is 43.0 Å². The second kappa shape index (κ2) is 26.0. The number of nitrogens with two attached hydrogens (primary N) is 1. The maximum Gasteiger partial charge on any atom is 0.481 e.